The van der Waals surface area contributed by atoms with Gasteiger partial charge < -0.3 is 4.90 Å². The maximum atomic E-state index is 13.7. The third kappa shape index (κ3) is 3.46. The summed E-state index contributed by atoms with van der Waals surface area (Å²) in [6, 6.07) is 7.96. The highest BCUT2D eigenvalue weighted by atomic mass is 16.2. The second kappa shape index (κ2) is 8.41. The zero-order valence-corrected chi connectivity index (χ0v) is 19.3. The van der Waals surface area contributed by atoms with Crippen LogP contribution in [0.5, 0.6) is 0 Å². The molecule has 0 N–H and O–H groups in total. The van der Waals surface area contributed by atoms with Crippen LogP contribution in [0.1, 0.15) is 81.0 Å². The molecule has 4 atom stereocenters. The largest absolute Gasteiger partial charge is 0.333 e. The molecule has 0 radical (unpaired) electrons. The van der Waals surface area contributed by atoms with Crippen LogP contribution in [0.15, 0.2) is 36.4 Å². The van der Waals surface area contributed by atoms with Crippen LogP contribution in [-0.4, -0.2) is 34.7 Å². The number of amides is 3. The van der Waals surface area contributed by atoms with E-state index in [2.05, 4.69) is 17.1 Å². The summed E-state index contributed by atoms with van der Waals surface area (Å²) in [5, 5.41) is 0. The minimum Gasteiger partial charge on any atom is -0.333 e. The Kier molecular flexibility index (Phi) is 5.38. The Labute approximate surface area is 196 Å². The molecular weight excluding hydrogens is 412 g/mol. The molecule has 5 aliphatic rings. The third-order valence-corrected chi connectivity index (χ3v) is 9.01. The highest BCUT2D eigenvalue weighted by molar-refractivity contribution is 6.22. The summed E-state index contributed by atoms with van der Waals surface area (Å²) in [5.41, 5.74) is 1.29. The van der Waals surface area contributed by atoms with Crippen LogP contribution in [0.4, 0.5) is 5.69 Å². The molecule has 3 amide bonds. The van der Waals surface area contributed by atoms with Gasteiger partial charge in [0.2, 0.25) is 11.8 Å². The van der Waals surface area contributed by atoms with Crippen molar-refractivity contribution in [3.05, 3.63) is 42.0 Å². The van der Waals surface area contributed by atoms with E-state index < -0.39 is 0 Å². The van der Waals surface area contributed by atoms with Crippen LogP contribution in [0, 0.1) is 23.7 Å². The number of imide groups is 1. The van der Waals surface area contributed by atoms with Crippen molar-refractivity contribution in [1.82, 2.24) is 4.90 Å². The van der Waals surface area contributed by atoms with Crippen LogP contribution >= 0.6 is 0 Å². The van der Waals surface area contributed by atoms with E-state index in [-0.39, 0.29) is 41.4 Å². The molecule has 1 aliphatic heterocycles. The number of hydrogen-bond donors (Lipinski definition) is 0. The topological polar surface area (TPSA) is 57.7 Å². The van der Waals surface area contributed by atoms with Gasteiger partial charge in [-0.1, -0.05) is 50.7 Å². The molecule has 5 heteroatoms. The third-order valence-electron chi connectivity index (χ3n) is 9.01. The molecule has 1 aromatic carbocycles. The van der Waals surface area contributed by atoms with E-state index in [1.807, 2.05) is 12.1 Å². The standard InChI is InChI=1S/C28H34N2O3/c31-26(29(21-7-3-1-4-8-21)22-9-5-2-6-10-22)18-13-15-23(16-14-18)30-27(32)24-19-11-12-20(17-19)25(24)28(30)33/h11-16,19-22,24-25H,1-10,17H2/t19-,20+,24-,25-/m0/s1. The van der Waals surface area contributed by atoms with Crippen molar-refractivity contribution >= 4 is 23.4 Å². The number of anilines is 1. The molecule has 0 spiro atoms. The molecule has 4 fully saturated rings. The number of carbonyl (C=O) groups excluding carboxylic acids is 3. The Hall–Kier alpha value is -2.43. The van der Waals surface area contributed by atoms with Crippen molar-refractivity contribution in [1.29, 1.82) is 0 Å². The van der Waals surface area contributed by atoms with Gasteiger partial charge >= 0.3 is 0 Å². The van der Waals surface area contributed by atoms with E-state index in [1.54, 1.807) is 12.1 Å². The van der Waals surface area contributed by atoms with Crippen molar-refractivity contribution in [2.45, 2.75) is 82.7 Å². The molecule has 1 aromatic rings. The van der Waals surface area contributed by atoms with Crippen LogP contribution < -0.4 is 4.90 Å². The predicted octanol–water partition coefficient (Wildman–Crippen LogP) is 5.11. The Morgan fingerprint density at radius 3 is 1.70 bits per heavy atom. The van der Waals surface area contributed by atoms with Crippen molar-refractivity contribution in [3.8, 4) is 0 Å². The lowest BCUT2D eigenvalue weighted by atomic mass is 9.85. The fourth-order valence-electron chi connectivity index (χ4n) is 7.41. The number of allylic oxidation sites excluding steroid dienone is 2. The highest BCUT2D eigenvalue weighted by Gasteiger charge is 2.59. The molecule has 0 aromatic heterocycles. The smallest absolute Gasteiger partial charge is 0.254 e. The first-order valence-electron chi connectivity index (χ1n) is 13.1. The van der Waals surface area contributed by atoms with Crippen LogP contribution in [0.2, 0.25) is 0 Å². The first-order valence-corrected chi connectivity index (χ1v) is 13.1. The van der Waals surface area contributed by atoms with Gasteiger partial charge in [0.25, 0.3) is 5.91 Å². The van der Waals surface area contributed by atoms with E-state index >= 15 is 0 Å². The Morgan fingerprint density at radius 1 is 0.727 bits per heavy atom. The second-order valence-corrected chi connectivity index (χ2v) is 10.9. The van der Waals surface area contributed by atoms with Crippen molar-refractivity contribution < 1.29 is 14.4 Å². The number of fused-ring (bicyclic) bond motifs is 5. The van der Waals surface area contributed by atoms with Crippen molar-refractivity contribution in [2.75, 3.05) is 4.90 Å². The highest BCUT2D eigenvalue weighted by Crippen LogP contribution is 2.53. The number of benzene rings is 1. The Balaban J connectivity index is 1.23. The van der Waals surface area contributed by atoms with E-state index in [0.29, 0.717) is 23.3 Å². The summed E-state index contributed by atoms with van der Waals surface area (Å²) < 4.78 is 0. The summed E-state index contributed by atoms with van der Waals surface area (Å²) in [6.45, 7) is 0. The summed E-state index contributed by atoms with van der Waals surface area (Å²) in [5.74, 6) is 0.0324. The number of rotatable bonds is 4. The van der Waals surface area contributed by atoms with Gasteiger partial charge in [0.05, 0.1) is 17.5 Å². The van der Waals surface area contributed by atoms with Crippen LogP contribution in [-0.2, 0) is 9.59 Å². The molecule has 0 unspecified atom stereocenters. The molecule has 2 bridgehead atoms. The maximum Gasteiger partial charge on any atom is 0.254 e. The van der Waals surface area contributed by atoms with Gasteiger partial charge in [0, 0.05) is 17.6 Å². The van der Waals surface area contributed by atoms with Gasteiger partial charge in [-0.25, -0.2) is 0 Å². The fraction of sp³-hybridized carbons (Fsp3) is 0.607. The van der Waals surface area contributed by atoms with E-state index in [0.717, 1.165) is 32.1 Å². The molecule has 3 saturated carbocycles. The number of nitrogens with zero attached hydrogens (tertiary/aromatic N) is 2. The average Bonchev–Trinajstić information content (AvgIpc) is 3.54. The quantitative estimate of drug-likeness (QED) is 0.477. The van der Waals surface area contributed by atoms with Gasteiger partial charge in [0.1, 0.15) is 0 Å². The fourth-order valence-corrected chi connectivity index (χ4v) is 7.41. The second-order valence-electron chi connectivity index (χ2n) is 10.9. The lowest BCUT2D eigenvalue weighted by Crippen LogP contribution is -2.48. The Bertz CT molecular complexity index is 923. The summed E-state index contributed by atoms with van der Waals surface area (Å²) in [6.07, 6.45) is 17.0. The van der Waals surface area contributed by atoms with E-state index in [9.17, 15) is 14.4 Å². The molecule has 6 rings (SSSR count). The maximum absolute atomic E-state index is 13.7. The van der Waals surface area contributed by atoms with Gasteiger partial charge in [-0.05, 0) is 68.2 Å². The molecule has 1 saturated heterocycles. The molecular formula is C28H34N2O3. The molecule has 1 heterocycles. The van der Waals surface area contributed by atoms with Gasteiger partial charge in [0.15, 0.2) is 0 Å². The zero-order valence-electron chi connectivity index (χ0n) is 19.3. The molecule has 174 valence electrons. The SMILES string of the molecule is O=C1[C@@H]2[C@@H](C(=O)N1c1ccc(C(=O)N(C3CCCCC3)C3CCCCC3)cc1)[C@H]1C=C[C@@H]2C1. The molecule has 33 heavy (non-hydrogen) atoms. The summed E-state index contributed by atoms with van der Waals surface area (Å²) in [4.78, 5) is 43.6. The molecule has 5 nitrogen and oxygen atoms in total. The molecule has 4 aliphatic carbocycles. The van der Waals surface area contributed by atoms with Crippen LogP contribution in [0.25, 0.3) is 0 Å². The Morgan fingerprint density at radius 2 is 1.21 bits per heavy atom. The van der Waals surface area contributed by atoms with Crippen molar-refractivity contribution in [3.63, 3.8) is 0 Å². The lowest BCUT2D eigenvalue weighted by molar-refractivity contribution is -0.123. The average molecular weight is 447 g/mol. The van der Waals surface area contributed by atoms with Crippen molar-refractivity contribution in [2.24, 2.45) is 23.7 Å². The first kappa shape index (κ1) is 21.1. The minimum atomic E-state index is -0.193. The van der Waals surface area contributed by atoms with E-state index in [1.165, 1.54) is 43.4 Å². The monoisotopic (exact) mass is 446 g/mol. The van der Waals surface area contributed by atoms with E-state index in [4.69, 9.17) is 0 Å². The minimum absolute atomic E-state index is 0.0630. The normalized spacial score (nSPS) is 31.9. The van der Waals surface area contributed by atoms with Gasteiger partial charge in [-0.2, -0.15) is 0 Å². The summed E-state index contributed by atoms with van der Waals surface area (Å²) in [7, 11) is 0. The van der Waals surface area contributed by atoms with Gasteiger partial charge in [-0.15, -0.1) is 0 Å². The first-order chi connectivity index (χ1) is 16.1. The predicted molar refractivity (Wildman–Crippen MR) is 127 cm³/mol. The van der Waals surface area contributed by atoms with Crippen LogP contribution in [0.3, 0.4) is 0 Å². The van der Waals surface area contributed by atoms with Gasteiger partial charge in [-0.3, -0.25) is 19.3 Å². The summed E-state index contributed by atoms with van der Waals surface area (Å²) >= 11 is 0. The number of carbonyl (C=O) groups is 3. The zero-order chi connectivity index (χ0) is 22.5. The lowest BCUT2D eigenvalue weighted by Gasteiger charge is -2.42. The number of hydrogen-bond acceptors (Lipinski definition) is 3.